The molecule has 2 aromatic rings. The van der Waals surface area contributed by atoms with Gasteiger partial charge < -0.3 is 9.88 Å². The Morgan fingerprint density at radius 2 is 2.25 bits per heavy atom. The van der Waals surface area contributed by atoms with Crippen molar-refractivity contribution in [3.05, 3.63) is 41.9 Å². The zero-order valence-electron chi connectivity index (χ0n) is 11.6. The summed E-state index contributed by atoms with van der Waals surface area (Å²) in [5.41, 5.74) is 1.55. The summed E-state index contributed by atoms with van der Waals surface area (Å²) >= 11 is 6.23. The van der Waals surface area contributed by atoms with Crippen LogP contribution >= 0.6 is 11.6 Å². The standard InChI is InChI=1S/C15H18ClN3O/c1-11(2)3-6-15(20)18-12-4-5-14(13(16)9-12)19-8-7-17-10-19/h4-5,7-11H,3,6H2,1-2H3,(H,18,20). The normalized spacial score (nSPS) is 10.8. The summed E-state index contributed by atoms with van der Waals surface area (Å²) in [6.45, 7) is 4.20. The van der Waals surface area contributed by atoms with Crippen LogP contribution in [0.3, 0.4) is 0 Å². The van der Waals surface area contributed by atoms with E-state index in [1.54, 1.807) is 18.6 Å². The van der Waals surface area contributed by atoms with Crippen molar-refractivity contribution < 1.29 is 4.79 Å². The lowest BCUT2D eigenvalue weighted by molar-refractivity contribution is -0.116. The predicted octanol–water partition coefficient (Wildman–Crippen LogP) is 3.90. The number of aromatic nitrogens is 2. The fourth-order valence-electron chi connectivity index (χ4n) is 1.84. The fraction of sp³-hybridized carbons (Fsp3) is 0.333. The highest BCUT2D eigenvalue weighted by Gasteiger charge is 2.07. The molecule has 0 spiro atoms. The highest BCUT2D eigenvalue weighted by atomic mass is 35.5. The molecule has 0 radical (unpaired) electrons. The van der Waals surface area contributed by atoms with Gasteiger partial charge in [-0.3, -0.25) is 4.79 Å². The topological polar surface area (TPSA) is 46.9 Å². The zero-order chi connectivity index (χ0) is 14.5. The van der Waals surface area contributed by atoms with Crippen LogP contribution in [0, 0.1) is 5.92 Å². The van der Waals surface area contributed by atoms with E-state index in [-0.39, 0.29) is 5.91 Å². The van der Waals surface area contributed by atoms with Gasteiger partial charge >= 0.3 is 0 Å². The molecule has 1 amide bonds. The van der Waals surface area contributed by atoms with Crippen LogP contribution in [0.15, 0.2) is 36.9 Å². The van der Waals surface area contributed by atoms with E-state index in [9.17, 15) is 4.79 Å². The molecule has 0 aliphatic rings. The second-order valence-corrected chi connectivity index (χ2v) is 5.52. The van der Waals surface area contributed by atoms with E-state index >= 15 is 0 Å². The van der Waals surface area contributed by atoms with Crippen LogP contribution in [0.1, 0.15) is 26.7 Å². The molecule has 1 heterocycles. The number of nitrogens with one attached hydrogen (secondary N) is 1. The number of nitrogens with zero attached hydrogens (tertiary/aromatic N) is 2. The Labute approximate surface area is 123 Å². The lowest BCUT2D eigenvalue weighted by Crippen LogP contribution is -2.12. The van der Waals surface area contributed by atoms with E-state index in [1.165, 1.54) is 0 Å². The van der Waals surface area contributed by atoms with Gasteiger partial charge in [-0.25, -0.2) is 4.98 Å². The number of halogens is 1. The van der Waals surface area contributed by atoms with Gasteiger partial charge in [0, 0.05) is 24.5 Å². The SMILES string of the molecule is CC(C)CCC(=O)Nc1ccc(-n2ccnc2)c(Cl)c1. The van der Waals surface area contributed by atoms with Crippen LogP contribution in [-0.2, 0) is 4.79 Å². The van der Waals surface area contributed by atoms with Gasteiger partial charge in [-0.1, -0.05) is 25.4 Å². The second kappa shape index (κ2) is 6.57. The van der Waals surface area contributed by atoms with Crippen LogP contribution in [0.5, 0.6) is 0 Å². The molecule has 5 heteroatoms. The van der Waals surface area contributed by atoms with Crippen molar-refractivity contribution in [1.82, 2.24) is 9.55 Å². The molecule has 106 valence electrons. The van der Waals surface area contributed by atoms with Crippen LogP contribution in [-0.4, -0.2) is 15.5 Å². The highest BCUT2D eigenvalue weighted by Crippen LogP contribution is 2.24. The molecule has 0 unspecified atom stereocenters. The summed E-state index contributed by atoms with van der Waals surface area (Å²) in [7, 11) is 0. The third kappa shape index (κ3) is 3.84. The molecule has 0 atom stereocenters. The van der Waals surface area contributed by atoms with Crippen molar-refractivity contribution in [3.63, 3.8) is 0 Å². The van der Waals surface area contributed by atoms with E-state index in [2.05, 4.69) is 24.1 Å². The average molecular weight is 292 g/mol. The number of anilines is 1. The van der Waals surface area contributed by atoms with Crippen molar-refractivity contribution in [3.8, 4) is 5.69 Å². The number of carbonyl (C=O) groups is 1. The first-order valence-electron chi connectivity index (χ1n) is 6.64. The smallest absolute Gasteiger partial charge is 0.224 e. The Kier molecular flexibility index (Phi) is 4.79. The fourth-order valence-corrected chi connectivity index (χ4v) is 2.12. The average Bonchev–Trinajstić information content (AvgIpc) is 2.90. The molecule has 1 N–H and O–H groups in total. The molecule has 0 aliphatic carbocycles. The Bertz CT molecular complexity index is 579. The van der Waals surface area contributed by atoms with Gasteiger partial charge in [-0.15, -0.1) is 0 Å². The van der Waals surface area contributed by atoms with Crippen LogP contribution in [0.2, 0.25) is 5.02 Å². The number of carbonyl (C=O) groups excluding carboxylic acids is 1. The maximum Gasteiger partial charge on any atom is 0.224 e. The summed E-state index contributed by atoms with van der Waals surface area (Å²) in [6, 6.07) is 5.46. The molecule has 20 heavy (non-hydrogen) atoms. The molecule has 0 saturated heterocycles. The third-order valence-electron chi connectivity index (χ3n) is 2.96. The molecule has 1 aromatic carbocycles. The molecular weight excluding hydrogens is 274 g/mol. The van der Waals surface area contributed by atoms with E-state index in [0.29, 0.717) is 23.0 Å². The van der Waals surface area contributed by atoms with Crippen molar-refractivity contribution in [2.24, 2.45) is 5.92 Å². The summed E-state index contributed by atoms with van der Waals surface area (Å²) in [6.07, 6.45) is 6.60. The molecule has 4 nitrogen and oxygen atoms in total. The quantitative estimate of drug-likeness (QED) is 0.908. The van der Waals surface area contributed by atoms with E-state index in [4.69, 9.17) is 11.6 Å². The minimum absolute atomic E-state index is 0.0187. The molecule has 1 aromatic heterocycles. The number of benzene rings is 1. The summed E-state index contributed by atoms with van der Waals surface area (Å²) < 4.78 is 1.83. The maximum atomic E-state index is 11.8. The van der Waals surface area contributed by atoms with Crippen molar-refractivity contribution >= 4 is 23.2 Å². The molecule has 0 bridgehead atoms. The van der Waals surface area contributed by atoms with Crippen molar-refractivity contribution in [2.75, 3.05) is 5.32 Å². The number of hydrogen-bond acceptors (Lipinski definition) is 2. The molecule has 0 saturated carbocycles. The predicted molar refractivity (Wildman–Crippen MR) is 81.3 cm³/mol. The highest BCUT2D eigenvalue weighted by molar-refractivity contribution is 6.32. The second-order valence-electron chi connectivity index (χ2n) is 5.12. The van der Waals surface area contributed by atoms with Gasteiger partial charge in [0.05, 0.1) is 17.0 Å². The van der Waals surface area contributed by atoms with Crippen molar-refractivity contribution in [2.45, 2.75) is 26.7 Å². The van der Waals surface area contributed by atoms with Crippen LogP contribution in [0.4, 0.5) is 5.69 Å². The minimum Gasteiger partial charge on any atom is -0.326 e. The molecule has 2 rings (SSSR count). The van der Waals surface area contributed by atoms with Gasteiger partial charge in [0.2, 0.25) is 5.91 Å². The van der Waals surface area contributed by atoms with Crippen LogP contribution < -0.4 is 5.32 Å². The number of rotatable bonds is 5. The van der Waals surface area contributed by atoms with E-state index < -0.39 is 0 Å². The first-order valence-corrected chi connectivity index (χ1v) is 7.02. The number of amides is 1. The lowest BCUT2D eigenvalue weighted by Gasteiger charge is -2.10. The Morgan fingerprint density at radius 1 is 1.45 bits per heavy atom. The van der Waals surface area contributed by atoms with Crippen LogP contribution in [0.25, 0.3) is 5.69 Å². The Morgan fingerprint density at radius 3 is 2.85 bits per heavy atom. The summed E-state index contributed by atoms with van der Waals surface area (Å²) in [5.74, 6) is 0.540. The van der Waals surface area contributed by atoms with Crippen molar-refractivity contribution in [1.29, 1.82) is 0 Å². The van der Waals surface area contributed by atoms with Gasteiger partial charge in [0.25, 0.3) is 0 Å². The summed E-state index contributed by atoms with van der Waals surface area (Å²) in [4.78, 5) is 15.8. The largest absolute Gasteiger partial charge is 0.326 e. The van der Waals surface area contributed by atoms with Gasteiger partial charge in [0.1, 0.15) is 0 Å². The Balaban J connectivity index is 2.04. The first-order chi connectivity index (χ1) is 9.56. The third-order valence-corrected chi connectivity index (χ3v) is 3.27. The Hall–Kier alpha value is -1.81. The maximum absolute atomic E-state index is 11.8. The van der Waals surface area contributed by atoms with E-state index in [0.717, 1.165) is 12.1 Å². The molecule has 0 aliphatic heterocycles. The van der Waals surface area contributed by atoms with E-state index in [1.807, 2.05) is 22.9 Å². The minimum atomic E-state index is 0.0187. The van der Waals surface area contributed by atoms with Gasteiger partial charge in [-0.2, -0.15) is 0 Å². The molecule has 0 fully saturated rings. The molecular formula is C15H18ClN3O. The van der Waals surface area contributed by atoms with Gasteiger partial charge in [0.15, 0.2) is 0 Å². The number of imidazole rings is 1. The first kappa shape index (κ1) is 14.6. The van der Waals surface area contributed by atoms with Gasteiger partial charge in [-0.05, 0) is 30.5 Å². The summed E-state index contributed by atoms with van der Waals surface area (Å²) in [5, 5.41) is 3.44. The lowest BCUT2D eigenvalue weighted by atomic mass is 10.1. The zero-order valence-corrected chi connectivity index (χ0v) is 12.4. The monoisotopic (exact) mass is 291 g/mol. The number of hydrogen-bond donors (Lipinski definition) is 1.